The second kappa shape index (κ2) is 6.35. The number of aromatic nitrogens is 1. The van der Waals surface area contributed by atoms with E-state index in [1.54, 1.807) is 7.11 Å². The van der Waals surface area contributed by atoms with Gasteiger partial charge in [-0.15, -0.1) is 0 Å². The summed E-state index contributed by atoms with van der Waals surface area (Å²) in [6.07, 6.45) is 0. The van der Waals surface area contributed by atoms with Crippen molar-refractivity contribution in [2.45, 2.75) is 40.2 Å². The Balaban J connectivity index is 2.82. The van der Waals surface area contributed by atoms with E-state index in [1.165, 1.54) is 0 Å². The van der Waals surface area contributed by atoms with Crippen molar-refractivity contribution < 1.29 is 9.53 Å². The Kier molecular flexibility index (Phi) is 5.32. The van der Waals surface area contributed by atoms with Crippen molar-refractivity contribution in [2.24, 2.45) is 0 Å². The molecule has 0 aliphatic carbocycles. The molecule has 0 amide bonds. The Bertz CT molecular complexity index is 442. The van der Waals surface area contributed by atoms with Crippen LogP contribution in [-0.2, 0) is 10.3 Å². The molecular formula is C15H26N2O2. The lowest BCUT2D eigenvalue weighted by Gasteiger charge is -2.25. The van der Waals surface area contributed by atoms with Gasteiger partial charge in [0, 0.05) is 36.1 Å². The quantitative estimate of drug-likeness (QED) is 0.634. The molecule has 0 aliphatic rings. The monoisotopic (exact) mass is 266 g/mol. The Morgan fingerprint density at radius 2 is 2.00 bits per heavy atom. The van der Waals surface area contributed by atoms with E-state index in [4.69, 9.17) is 4.74 Å². The minimum atomic E-state index is -0.00379. The molecule has 1 heterocycles. The SMILES string of the molecule is COCCNCC(=O)c1cc(C)n(C(C)(C)C)c1C. The Morgan fingerprint density at radius 1 is 1.37 bits per heavy atom. The van der Waals surface area contributed by atoms with E-state index >= 15 is 0 Å². The summed E-state index contributed by atoms with van der Waals surface area (Å²) in [5, 5.41) is 3.10. The fourth-order valence-corrected chi connectivity index (χ4v) is 2.55. The molecule has 108 valence electrons. The average molecular weight is 266 g/mol. The van der Waals surface area contributed by atoms with E-state index in [0.29, 0.717) is 19.7 Å². The largest absolute Gasteiger partial charge is 0.383 e. The van der Waals surface area contributed by atoms with Crippen LogP contribution in [0.15, 0.2) is 6.07 Å². The normalized spacial score (nSPS) is 11.9. The molecule has 4 heteroatoms. The van der Waals surface area contributed by atoms with E-state index < -0.39 is 0 Å². The smallest absolute Gasteiger partial charge is 0.178 e. The Morgan fingerprint density at radius 3 is 2.47 bits per heavy atom. The van der Waals surface area contributed by atoms with Gasteiger partial charge in [0.15, 0.2) is 5.78 Å². The van der Waals surface area contributed by atoms with Gasteiger partial charge in [-0.2, -0.15) is 0 Å². The summed E-state index contributed by atoms with van der Waals surface area (Å²) in [4.78, 5) is 12.2. The summed E-state index contributed by atoms with van der Waals surface area (Å²) in [5.41, 5.74) is 2.99. The molecule has 0 radical (unpaired) electrons. The number of Topliss-reactive ketones (excluding diaryl/α,β-unsaturated/α-hetero) is 1. The predicted octanol–water partition coefficient (Wildman–Crippen LogP) is 2.28. The zero-order valence-corrected chi connectivity index (χ0v) is 13.0. The highest BCUT2D eigenvalue weighted by Gasteiger charge is 2.22. The van der Waals surface area contributed by atoms with Crippen LogP contribution in [0.1, 0.15) is 42.5 Å². The van der Waals surface area contributed by atoms with Crippen LogP contribution in [0.5, 0.6) is 0 Å². The van der Waals surface area contributed by atoms with Gasteiger partial charge in [0.2, 0.25) is 0 Å². The molecule has 0 atom stereocenters. The lowest BCUT2D eigenvalue weighted by atomic mass is 10.1. The first-order valence-electron chi connectivity index (χ1n) is 6.71. The number of methoxy groups -OCH3 is 1. The van der Waals surface area contributed by atoms with Crippen LogP contribution in [0, 0.1) is 13.8 Å². The first-order chi connectivity index (χ1) is 8.79. The second-order valence-corrected chi connectivity index (χ2v) is 5.88. The van der Waals surface area contributed by atoms with Crippen LogP contribution in [0.2, 0.25) is 0 Å². The molecule has 0 saturated carbocycles. The second-order valence-electron chi connectivity index (χ2n) is 5.88. The Hall–Kier alpha value is -1.13. The van der Waals surface area contributed by atoms with Gasteiger partial charge < -0.3 is 14.6 Å². The first-order valence-corrected chi connectivity index (χ1v) is 6.71. The highest BCUT2D eigenvalue weighted by atomic mass is 16.5. The molecule has 0 aliphatic heterocycles. The van der Waals surface area contributed by atoms with Gasteiger partial charge in [0.1, 0.15) is 0 Å². The number of hydrogen-bond donors (Lipinski definition) is 1. The van der Waals surface area contributed by atoms with Crippen LogP contribution in [0.4, 0.5) is 0 Å². The van der Waals surface area contributed by atoms with Crippen molar-refractivity contribution in [3.8, 4) is 0 Å². The lowest BCUT2D eigenvalue weighted by Crippen LogP contribution is -2.27. The van der Waals surface area contributed by atoms with E-state index in [1.807, 2.05) is 19.9 Å². The number of hydrogen-bond acceptors (Lipinski definition) is 3. The number of rotatable bonds is 6. The van der Waals surface area contributed by atoms with Gasteiger partial charge in [-0.1, -0.05) is 0 Å². The summed E-state index contributed by atoms with van der Waals surface area (Å²) in [6.45, 7) is 12.2. The fourth-order valence-electron chi connectivity index (χ4n) is 2.55. The molecular weight excluding hydrogens is 240 g/mol. The van der Waals surface area contributed by atoms with Crippen molar-refractivity contribution in [3.05, 3.63) is 23.0 Å². The van der Waals surface area contributed by atoms with Gasteiger partial charge in [0.05, 0.1) is 13.2 Å². The van der Waals surface area contributed by atoms with Crippen LogP contribution >= 0.6 is 0 Å². The van der Waals surface area contributed by atoms with E-state index in [-0.39, 0.29) is 11.3 Å². The third-order valence-corrected chi connectivity index (χ3v) is 3.17. The number of carbonyl (C=O) groups excluding carboxylic acids is 1. The van der Waals surface area contributed by atoms with Gasteiger partial charge >= 0.3 is 0 Å². The number of ether oxygens (including phenoxy) is 1. The van der Waals surface area contributed by atoms with E-state index in [9.17, 15) is 4.79 Å². The maximum atomic E-state index is 12.2. The third kappa shape index (κ3) is 3.91. The topological polar surface area (TPSA) is 43.3 Å². The molecule has 0 spiro atoms. The van der Waals surface area contributed by atoms with Gasteiger partial charge in [-0.3, -0.25) is 4.79 Å². The minimum absolute atomic E-state index is 0.00379. The molecule has 0 saturated heterocycles. The van der Waals surface area contributed by atoms with Crippen LogP contribution < -0.4 is 5.32 Å². The van der Waals surface area contributed by atoms with Crippen LogP contribution in [0.3, 0.4) is 0 Å². The predicted molar refractivity (Wildman–Crippen MR) is 78.0 cm³/mol. The molecule has 1 aromatic heterocycles. The number of carbonyl (C=O) groups is 1. The molecule has 0 unspecified atom stereocenters. The first kappa shape index (κ1) is 15.9. The molecule has 0 bridgehead atoms. The van der Waals surface area contributed by atoms with Crippen molar-refractivity contribution in [3.63, 3.8) is 0 Å². The summed E-state index contributed by atoms with van der Waals surface area (Å²) < 4.78 is 7.16. The third-order valence-electron chi connectivity index (χ3n) is 3.17. The Labute approximate surface area is 116 Å². The molecule has 4 nitrogen and oxygen atoms in total. The average Bonchev–Trinajstić information content (AvgIpc) is 2.59. The molecule has 0 aromatic carbocycles. The van der Waals surface area contributed by atoms with Crippen molar-refractivity contribution in [1.29, 1.82) is 0 Å². The van der Waals surface area contributed by atoms with E-state index in [2.05, 4.69) is 30.7 Å². The number of aryl methyl sites for hydroxylation is 1. The summed E-state index contributed by atoms with van der Waals surface area (Å²) in [5.74, 6) is 0.139. The maximum Gasteiger partial charge on any atom is 0.178 e. The van der Waals surface area contributed by atoms with Crippen molar-refractivity contribution in [2.75, 3.05) is 26.8 Å². The molecule has 1 N–H and O–H groups in total. The highest BCUT2D eigenvalue weighted by Crippen LogP contribution is 2.24. The zero-order chi connectivity index (χ0) is 14.6. The fraction of sp³-hybridized carbons (Fsp3) is 0.667. The number of nitrogens with one attached hydrogen (secondary N) is 1. The van der Waals surface area contributed by atoms with Crippen molar-refractivity contribution >= 4 is 5.78 Å². The molecule has 1 rings (SSSR count). The van der Waals surface area contributed by atoms with Crippen LogP contribution in [-0.4, -0.2) is 37.2 Å². The lowest BCUT2D eigenvalue weighted by molar-refractivity contribution is 0.0986. The molecule has 1 aromatic rings. The number of nitrogens with zero attached hydrogens (tertiary/aromatic N) is 1. The van der Waals surface area contributed by atoms with E-state index in [0.717, 1.165) is 17.0 Å². The van der Waals surface area contributed by atoms with Gasteiger partial charge in [-0.05, 0) is 40.7 Å². The van der Waals surface area contributed by atoms with Crippen LogP contribution in [0.25, 0.3) is 0 Å². The van der Waals surface area contributed by atoms with Crippen molar-refractivity contribution in [1.82, 2.24) is 9.88 Å². The summed E-state index contributed by atoms with van der Waals surface area (Å²) in [6, 6.07) is 1.99. The summed E-state index contributed by atoms with van der Waals surface area (Å²) >= 11 is 0. The number of ketones is 1. The van der Waals surface area contributed by atoms with Gasteiger partial charge in [0.25, 0.3) is 0 Å². The van der Waals surface area contributed by atoms with Gasteiger partial charge in [-0.25, -0.2) is 0 Å². The highest BCUT2D eigenvalue weighted by molar-refractivity contribution is 5.99. The standard InChI is InChI=1S/C15H26N2O2/c1-11-9-13(12(2)17(11)15(3,4)5)14(18)10-16-7-8-19-6/h9,16H,7-8,10H2,1-6H3. The minimum Gasteiger partial charge on any atom is -0.383 e. The molecule has 19 heavy (non-hydrogen) atoms. The maximum absolute atomic E-state index is 12.2. The zero-order valence-electron chi connectivity index (χ0n) is 13.0. The summed E-state index contributed by atoms with van der Waals surface area (Å²) in [7, 11) is 1.65. The molecule has 0 fully saturated rings.